The quantitative estimate of drug-likeness (QED) is 0.701. The molecule has 2 aromatic heterocycles. The number of nitrogens with zero attached hydrogens (tertiary/aromatic N) is 4. The van der Waals surface area contributed by atoms with Gasteiger partial charge in [-0.05, 0) is 36.8 Å². The van der Waals surface area contributed by atoms with E-state index in [1.54, 1.807) is 18.5 Å². The largest absolute Gasteiger partial charge is 0.343 e. The predicted octanol–water partition coefficient (Wildman–Crippen LogP) is 2.76. The monoisotopic (exact) mass is 417 g/mol. The van der Waals surface area contributed by atoms with Crippen LogP contribution in [0.1, 0.15) is 16.1 Å². The maximum Gasteiger partial charge on any atom is 0.252 e. The number of nitrogens with one attached hydrogen (secondary N) is 1. The Hall–Kier alpha value is -3.44. The Morgan fingerprint density at radius 3 is 2.83 bits per heavy atom. The number of carbonyl (C=O) groups excluding carboxylic acids is 2. The summed E-state index contributed by atoms with van der Waals surface area (Å²) in [7, 11) is 0. The summed E-state index contributed by atoms with van der Waals surface area (Å²) in [5.74, 6) is 0.459. The summed E-state index contributed by atoms with van der Waals surface area (Å²) in [6.07, 6.45) is 3.37. The molecule has 8 heteroatoms. The van der Waals surface area contributed by atoms with Crippen molar-refractivity contribution in [1.29, 1.82) is 5.26 Å². The molecule has 0 saturated carbocycles. The predicted molar refractivity (Wildman–Crippen MR) is 116 cm³/mol. The minimum Gasteiger partial charge on any atom is -0.343 e. The molecule has 1 atom stereocenters. The highest BCUT2D eigenvalue weighted by atomic mass is 32.2. The molecule has 7 nitrogen and oxygen atoms in total. The molecule has 150 valence electrons. The maximum absolute atomic E-state index is 12.8. The third kappa shape index (κ3) is 3.98. The summed E-state index contributed by atoms with van der Waals surface area (Å²) in [6.45, 7) is 1.78. The Morgan fingerprint density at radius 1 is 1.23 bits per heavy atom. The molecule has 1 aliphatic heterocycles. The van der Waals surface area contributed by atoms with Crippen LogP contribution in [0.15, 0.2) is 48.8 Å². The molecule has 4 rings (SSSR count). The number of amides is 2. The summed E-state index contributed by atoms with van der Waals surface area (Å²) in [6, 6.07) is 13.0. The number of hydrogen-bond acceptors (Lipinski definition) is 6. The smallest absolute Gasteiger partial charge is 0.252 e. The molecular formula is C22H19N5O2S. The van der Waals surface area contributed by atoms with Crippen LogP contribution in [0.2, 0.25) is 0 Å². The number of hydrogen-bond donors (Lipinski definition) is 1. The topological polar surface area (TPSA) is 99.0 Å². The van der Waals surface area contributed by atoms with Gasteiger partial charge in [0.05, 0.1) is 29.6 Å². The lowest BCUT2D eigenvalue weighted by atomic mass is 10.0. The highest BCUT2D eigenvalue weighted by Gasteiger charge is 2.29. The van der Waals surface area contributed by atoms with E-state index >= 15 is 0 Å². The standard InChI is InChI=1S/C22H19N5O2S/c1-14-2-3-16(10-25-14)15-4-5-20-19(8-15)18(6-7-24-20)22(29)26-11-21(28)27-13-30-12-17(27)9-23/h2-8,10,17H,11-13H2,1H3,(H,26,29). The van der Waals surface area contributed by atoms with Crippen molar-refractivity contribution in [2.75, 3.05) is 18.2 Å². The van der Waals surface area contributed by atoms with Gasteiger partial charge in [0, 0.05) is 34.8 Å². The lowest BCUT2D eigenvalue weighted by molar-refractivity contribution is -0.129. The van der Waals surface area contributed by atoms with Gasteiger partial charge in [-0.15, -0.1) is 11.8 Å². The van der Waals surface area contributed by atoms with Crippen molar-refractivity contribution in [3.8, 4) is 17.2 Å². The van der Waals surface area contributed by atoms with E-state index in [-0.39, 0.29) is 18.4 Å². The number of aryl methyl sites for hydroxylation is 1. The van der Waals surface area contributed by atoms with Crippen LogP contribution < -0.4 is 5.32 Å². The van der Waals surface area contributed by atoms with Crippen LogP contribution in [0.5, 0.6) is 0 Å². The van der Waals surface area contributed by atoms with Crippen molar-refractivity contribution in [1.82, 2.24) is 20.2 Å². The van der Waals surface area contributed by atoms with Gasteiger partial charge in [0.1, 0.15) is 6.04 Å². The van der Waals surface area contributed by atoms with Gasteiger partial charge in [-0.3, -0.25) is 19.6 Å². The number of aromatic nitrogens is 2. The van der Waals surface area contributed by atoms with Gasteiger partial charge in [0.2, 0.25) is 5.91 Å². The fourth-order valence-corrected chi connectivity index (χ4v) is 4.41. The summed E-state index contributed by atoms with van der Waals surface area (Å²) >= 11 is 1.53. The van der Waals surface area contributed by atoms with Crippen molar-refractivity contribution in [3.05, 3.63) is 60.0 Å². The minimum absolute atomic E-state index is 0.150. The molecule has 1 unspecified atom stereocenters. The van der Waals surface area contributed by atoms with E-state index in [4.69, 9.17) is 5.26 Å². The summed E-state index contributed by atoms with van der Waals surface area (Å²) in [4.78, 5) is 35.4. The average molecular weight is 417 g/mol. The van der Waals surface area contributed by atoms with Crippen LogP contribution in [0.25, 0.3) is 22.0 Å². The van der Waals surface area contributed by atoms with Gasteiger partial charge >= 0.3 is 0 Å². The molecule has 1 fully saturated rings. The Bertz CT molecular complexity index is 1160. The highest BCUT2D eigenvalue weighted by Crippen LogP contribution is 2.25. The van der Waals surface area contributed by atoms with Gasteiger partial charge in [-0.25, -0.2) is 0 Å². The highest BCUT2D eigenvalue weighted by molar-refractivity contribution is 7.99. The van der Waals surface area contributed by atoms with E-state index in [1.165, 1.54) is 16.7 Å². The SMILES string of the molecule is Cc1ccc(-c2ccc3nccc(C(=O)NCC(=O)N4CSCC4C#N)c3c2)cn1. The Morgan fingerprint density at radius 2 is 2.07 bits per heavy atom. The third-order valence-corrected chi connectivity index (χ3v) is 5.99. The summed E-state index contributed by atoms with van der Waals surface area (Å²) < 4.78 is 0. The first-order valence-corrected chi connectivity index (χ1v) is 10.6. The number of thioether (sulfide) groups is 1. The maximum atomic E-state index is 12.8. The van der Waals surface area contributed by atoms with Crippen LogP contribution in [0.3, 0.4) is 0 Å². The van der Waals surface area contributed by atoms with E-state index in [0.717, 1.165) is 16.8 Å². The van der Waals surface area contributed by atoms with Gasteiger partial charge < -0.3 is 10.2 Å². The molecule has 2 amide bonds. The zero-order valence-corrected chi connectivity index (χ0v) is 17.1. The lowest BCUT2D eigenvalue weighted by Gasteiger charge is -2.18. The molecule has 3 heterocycles. The molecule has 0 spiro atoms. The molecule has 3 aromatic rings. The van der Waals surface area contributed by atoms with Gasteiger partial charge in [-0.1, -0.05) is 12.1 Å². The van der Waals surface area contributed by atoms with E-state index < -0.39 is 6.04 Å². The van der Waals surface area contributed by atoms with Crippen LogP contribution >= 0.6 is 11.8 Å². The molecule has 30 heavy (non-hydrogen) atoms. The molecule has 0 bridgehead atoms. The molecule has 0 aliphatic carbocycles. The zero-order chi connectivity index (χ0) is 21.1. The number of rotatable bonds is 4. The first-order valence-electron chi connectivity index (χ1n) is 9.43. The number of benzene rings is 1. The second kappa shape index (κ2) is 8.51. The van der Waals surface area contributed by atoms with Gasteiger partial charge in [-0.2, -0.15) is 5.26 Å². The first-order chi connectivity index (χ1) is 14.6. The second-order valence-electron chi connectivity index (χ2n) is 6.97. The van der Waals surface area contributed by atoms with Crippen LogP contribution in [0, 0.1) is 18.3 Å². The van der Waals surface area contributed by atoms with Crippen LogP contribution in [0.4, 0.5) is 0 Å². The Kier molecular flexibility index (Phi) is 5.63. The van der Waals surface area contributed by atoms with Crippen molar-refractivity contribution in [3.63, 3.8) is 0 Å². The van der Waals surface area contributed by atoms with E-state index in [9.17, 15) is 9.59 Å². The molecule has 1 N–H and O–H groups in total. The molecule has 1 saturated heterocycles. The molecule has 1 aliphatic rings. The normalized spacial score (nSPS) is 15.7. The van der Waals surface area contributed by atoms with Crippen LogP contribution in [-0.4, -0.2) is 50.9 Å². The van der Waals surface area contributed by atoms with E-state index in [1.807, 2.05) is 37.3 Å². The Balaban J connectivity index is 1.56. The summed E-state index contributed by atoms with van der Waals surface area (Å²) in [5, 5.41) is 12.5. The van der Waals surface area contributed by atoms with Gasteiger partial charge in [0.25, 0.3) is 5.91 Å². The van der Waals surface area contributed by atoms with Gasteiger partial charge in [0.15, 0.2) is 0 Å². The first kappa shape index (κ1) is 19.9. The minimum atomic E-state index is -0.438. The average Bonchev–Trinajstić information content (AvgIpc) is 3.26. The fourth-order valence-electron chi connectivity index (χ4n) is 3.31. The molecular weight excluding hydrogens is 398 g/mol. The molecule has 1 aromatic carbocycles. The third-order valence-electron chi connectivity index (χ3n) is 4.98. The summed E-state index contributed by atoms with van der Waals surface area (Å²) in [5.41, 5.74) is 3.95. The van der Waals surface area contributed by atoms with Crippen molar-refractivity contribution >= 4 is 34.5 Å². The van der Waals surface area contributed by atoms with Crippen molar-refractivity contribution in [2.45, 2.75) is 13.0 Å². The second-order valence-corrected chi connectivity index (χ2v) is 7.97. The number of pyridine rings is 2. The zero-order valence-electron chi connectivity index (χ0n) is 16.3. The number of fused-ring (bicyclic) bond motifs is 1. The number of carbonyl (C=O) groups is 2. The molecule has 0 radical (unpaired) electrons. The fraction of sp³-hybridized carbons (Fsp3) is 0.227. The number of nitriles is 1. The lowest BCUT2D eigenvalue weighted by Crippen LogP contribution is -2.42. The van der Waals surface area contributed by atoms with Crippen molar-refractivity contribution < 1.29 is 9.59 Å². The van der Waals surface area contributed by atoms with E-state index in [0.29, 0.717) is 28.1 Å². The van der Waals surface area contributed by atoms with Crippen molar-refractivity contribution in [2.24, 2.45) is 0 Å². The Labute approximate surface area is 178 Å². The van der Waals surface area contributed by atoms with Crippen LogP contribution in [-0.2, 0) is 4.79 Å². The van der Waals surface area contributed by atoms with E-state index in [2.05, 4.69) is 21.4 Å².